The van der Waals surface area contributed by atoms with Crippen molar-refractivity contribution in [1.29, 1.82) is 0 Å². The second-order valence-corrected chi connectivity index (χ2v) is 8.58. The molecule has 1 saturated heterocycles. The highest BCUT2D eigenvalue weighted by molar-refractivity contribution is 7.09. The molecule has 2 heterocycles. The Kier molecular flexibility index (Phi) is 7.24. The van der Waals surface area contributed by atoms with Gasteiger partial charge in [-0.15, -0.1) is 11.3 Å². The Bertz CT molecular complexity index is 760. The number of hydrogen-bond acceptors (Lipinski definition) is 5. The molecule has 3 rings (SSSR count). The predicted octanol–water partition coefficient (Wildman–Crippen LogP) is 3.49. The highest BCUT2D eigenvalue weighted by atomic mass is 35.5. The number of rotatable bonds is 8. The van der Waals surface area contributed by atoms with Gasteiger partial charge < -0.3 is 5.32 Å². The van der Waals surface area contributed by atoms with Gasteiger partial charge in [-0.1, -0.05) is 29.8 Å². The Morgan fingerprint density at radius 2 is 2.11 bits per heavy atom. The molecule has 1 aliphatic rings. The molecule has 1 N–H and O–H groups in total. The Balaban J connectivity index is 1.56. The molecule has 1 atom stereocenters. The molecule has 1 fully saturated rings. The first-order valence-corrected chi connectivity index (χ1v) is 10.6. The van der Waals surface area contributed by atoms with Crippen molar-refractivity contribution >= 4 is 28.8 Å². The van der Waals surface area contributed by atoms with E-state index in [9.17, 15) is 4.79 Å². The van der Waals surface area contributed by atoms with Crippen LogP contribution in [-0.4, -0.2) is 53.9 Å². The minimum Gasteiger partial charge on any atom is -0.353 e. The number of benzene rings is 1. The topological polar surface area (TPSA) is 48.5 Å². The fourth-order valence-electron chi connectivity index (χ4n) is 3.56. The van der Waals surface area contributed by atoms with Crippen LogP contribution in [0.15, 0.2) is 29.6 Å². The SMILES string of the molecule is Cc1nc(CN(C)CC(=O)NCC(c2ccccc2Cl)N2CCCC2)cs1. The van der Waals surface area contributed by atoms with E-state index in [0.717, 1.165) is 34.4 Å². The number of thiazole rings is 1. The van der Waals surface area contributed by atoms with Crippen LogP contribution in [0.1, 0.15) is 35.1 Å². The molecule has 0 radical (unpaired) electrons. The first-order valence-electron chi connectivity index (χ1n) is 9.37. The maximum atomic E-state index is 12.5. The average Bonchev–Trinajstić information content (AvgIpc) is 3.28. The van der Waals surface area contributed by atoms with E-state index in [4.69, 9.17) is 11.6 Å². The van der Waals surface area contributed by atoms with Crippen molar-refractivity contribution in [3.8, 4) is 0 Å². The maximum Gasteiger partial charge on any atom is 0.234 e. The van der Waals surface area contributed by atoms with Gasteiger partial charge in [0, 0.05) is 23.5 Å². The van der Waals surface area contributed by atoms with Gasteiger partial charge in [0.2, 0.25) is 5.91 Å². The molecule has 146 valence electrons. The number of nitrogens with zero attached hydrogens (tertiary/aromatic N) is 3. The first-order chi connectivity index (χ1) is 13.0. The standard InChI is InChI=1S/C20H27ClN4OS/c1-15-23-16(14-27-15)12-24(2)13-20(26)22-11-19(25-9-5-6-10-25)17-7-3-4-8-18(17)21/h3-4,7-8,14,19H,5-6,9-13H2,1-2H3,(H,22,26). The van der Waals surface area contributed by atoms with Gasteiger partial charge >= 0.3 is 0 Å². The first kappa shape index (κ1) is 20.3. The summed E-state index contributed by atoms with van der Waals surface area (Å²) < 4.78 is 0. The van der Waals surface area contributed by atoms with E-state index < -0.39 is 0 Å². The van der Waals surface area contributed by atoms with Crippen LogP contribution >= 0.6 is 22.9 Å². The van der Waals surface area contributed by atoms with E-state index in [2.05, 4.69) is 21.3 Å². The molecule has 1 aliphatic heterocycles. The van der Waals surface area contributed by atoms with Gasteiger partial charge in [-0.05, 0) is 51.5 Å². The van der Waals surface area contributed by atoms with E-state index in [1.165, 1.54) is 12.8 Å². The Labute approximate surface area is 170 Å². The fraction of sp³-hybridized carbons (Fsp3) is 0.500. The molecule has 5 nitrogen and oxygen atoms in total. The van der Waals surface area contributed by atoms with Crippen molar-refractivity contribution in [3.63, 3.8) is 0 Å². The molecule has 0 aliphatic carbocycles. The number of aromatic nitrogens is 1. The van der Waals surface area contributed by atoms with Crippen molar-refractivity contribution < 1.29 is 4.79 Å². The molecule has 2 aromatic rings. The van der Waals surface area contributed by atoms with Crippen LogP contribution in [0, 0.1) is 6.92 Å². The summed E-state index contributed by atoms with van der Waals surface area (Å²) >= 11 is 8.07. The number of likely N-dealkylation sites (N-methyl/N-ethyl adjacent to an activating group) is 1. The molecule has 1 aromatic carbocycles. The summed E-state index contributed by atoms with van der Waals surface area (Å²) in [5, 5.41) is 6.97. The van der Waals surface area contributed by atoms with E-state index in [0.29, 0.717) is 19.6 Å². The lowest BCUT2D eigenvalue weighted by molar-refractivity contribution is -0.122. The Morgan fingerprint density at radius 1 is 1.37 bits per heavy atom. The third-order valence-corrected chi connectivity index (χ3v) is 6.02. The molecule has 1 amide bonds. The monoisotopic (exact) mass is 406 g/mol. The highest BCUT2D eigenvalue weighted by Gasteiger charge is 2.25. The van der Waals surface area contributed by atoms with Gasteiger partial charge in [0.1, 0.15) is 0 Å². The number of hydrogen-bond donors (Lipinski definition) is 1. The van der Waals surface area contributed by atoms with Gasteiger partial charge in [0.05, 0.1) is 23.3 Å². The molecular weight excluding hydrogens is 380 g/mol. The van der Waals surface area contributed by atoms with E-state index >= 15 is 0 Å². The lowest BCUT2D eigenvalue weighted by Crippen LogP contribution is -2.40. The second-order valence-electron chi connectivity index (χ2n) is 7.11. The Morgan fingerprint density at radius 3 is 2.78 bits per heavy atom. The van der Waals surface area contributed by atoms with Crippen molar-refractivity contribution in [2.24, 2.45) is 0 Å². The van der Waals surface area contributed by atoms with Gasteiger partial charge in [-0.25, -0.2) is 4.98 Å². The zero-order valence-corrected chi connectivity index (χ0v) is 17.5. The number of likely N-dealkylation sites (tertiary alicyclic amines) is 1. The van der Waals surface area contributed by atoms with E-state index in [1.54, 1.807) is 11.3 Å². The van der Waals surface area contributed by atoms with Crippen LogP contribution < -0.4 is 5.32 Å². The minimum atomic E-state index is 0.0284. The van der Waals surface area contributed by atoms with Crippen molar-refractivity contribution in [3.05, 3.63) is 50.9 Å². The van der Waals surface area contributed by atoms with Crippen LogP contribution in [0.4, 0.5) is 0 Å². The van der Waals surface area contributed by atoms with E-state index in [-0.39, 0.29) is 11.9 Å². The molecule has 0 bridgehead atoms. The average molecular weight is 407 g/mol. The summed E-state index contributed by atoms with van der Waals surface area (Å²) in [6.45, 7) is 5.70. The van der Waals surface area contributed by atoms with Gasteiger partial charge in [-0.3, -0.25) is 14.6 Å². The van der Waals surface area contributed by atoms with Crippen LogP contribution in [0.2, 0.25) is 5.02 Å². The van der Waals surface area contributed by atoms with E-state index in [1.807, 2.05) is 42.5 Å². The zero-order valence-electron chi connectivity index (χ0n) is 15.9. The summed E-state index contributed by atoms with van der Waals surface area (Å²) in [6.07, 6.45) is 2.40. The third-order valence-electron chi connectivity index (χ3n) is 4.85. The highest BCUT2D eigenvalue weighted by Crippen LogP contribution is 2.29. The van der Waals surface area contributed by atoms with Crippen molar-refractivity contribution in [2.45, 2.75) is 32.4 Å². The molecule has 1 unspecified atom stereocenters. The molecular formula is C20H27ClN4OS. The number of halogens is 1. The largest absolute Gasteiger partial charge is 0.353 e. The minimum absolute atomic E-state index is 0.0284. The quantitative estimate of drug-likeness (QED) is 0.729. The summed E-state index contributed by atoms with van der Waals surface area (Å²) in [6, 6.07) is 8.06. The van der Waals surface area contributed by atoms with Gasteiger partial charge in [-0.2, -0.15) is 0 Å². The number of carbonyl (C=O) groups is 1. The number of nitrogens with one attached hydrogen (secondary N) is 1. The number of aryl methyl sites for hydroxylation is 1. The maximum absolute atomic E-state index is 12.5. The van der Waals surface area contributed by atoms with Gasteiger partial charge in [0.15, 0.2) is 0 Å². The van der Waals surface area contributed by atoms with Crippen LogP contribution in [-0.2, 0) is 11.3 Å². The third kappa shape index (κ3) is 5.75. The molecule has 27 heavy (non-hydrogen) atoms. The summed E-state index contributed by atoms with van der Waals surface area (Å²) in [5.74, 6) is 0.0284. The summed E-state index contributed by atoms with van der Waals surface area (Å²) in [7, 11) is 1.94. The van der Waals surface area contributed by atoms with Crippen LogP contribution in [0.5, 0.6) is 0 Å². The molecule has 7 heteroatoms. The lowest BCUT2D eigenvalue weighted by Gasteiger charge is -2.29. The second kappa shape index (κ2) is 9.64. The fourth-order valence-corrected chi connectivity index (χ4v) is 4.42. The number of amides is 1. The van der Waals surface area contributed by atoms with Gasteiger partial charge in [0.25, 0.3) is 0 Å². The molecule has 1 aromatic heterocycles. The lowest BCUT2D eigenvalue weighted by atomic mass is 10.1. The summed E-state index contributed by atoms with van der Waals surface area (Å²) in [5.41, 5.74) is 2.10. The Hall–Kier alpha value is -1.47. The van der Waals surface area contributed by atoms with Crippen LogP contribution in [0.25, 0.3) is 0 Å². The smallest absolute Gasteiger partial charge is 0.234 e. The molecule has 0 spiro atoms. The summed E-state index contributed by atoms with van der Waals surface area (Å²) in [4.78, 5) is 21.3. The predicted molar refractivity (Wildman–Crippen MR) is 111 cm³/mol. The molecule has 0 saturated carbocycles. The number of carbonyl (C=O) groups excluding carboxylic acids is 1. The normalized spacial score (nSPS) is 16.0. The zero-order chi connectivity index (χ0) is 19.2. The van der Waals surface area contributed by atoms with Crippen LogP contribution in [0.3, 0.4) is 0 Å². The van der Waals surface area contributed by atoms with Crippen molar-refractivity contribution in [1.82, 2.24) is 20.1 Å². The van der Waals surface area contributed by atoms with Crippen molar-refractivity contribution in [2.75, 3.05) is 33.2 Å².